The fraction of sp³-hybridized carbons (Fsp3) is 1.00. The van der Waals surface area contributed by atoms with Crippen LogP contribution in [0.3, 0.4) is 0 Å². The molecule has 0 bridgehead atoms. The van der Waals surface area contributed by atoms with Gasteiger partial charge in [0.15, 0.2) is 0 Å². The summed E-state index contributed by atoms with van der Waals surface area (Å²) in [6.45, 7) is 12.4. The Balaban J connectivity index is 1.75. The highest BCUT2D eigenvalue weighted by molar-refractivity contribution is 4.84. The molecule has 0 aromatic carbocycles. The minimum absolute atomic E-state index is 0.0372. The first-order chi connectivity index (χ1) is 7.05. The topological polar surface area (TPSA) is 24.5 Å². The van der Waals surface area contributed by atoms with Crippen molar-refractivity contribution in [3.8, 4) is 0 Å². The molecule has 2 fully saturated rings. The standard InChI is InChI=1S/C12H24N2O/c1-10-8-14(9-12(2,3)15-10)5-4-11-6-13-7-11/h10-11,13H,4-9H2,1-3H3. The molecule has 2 rings (SSSR count). The normalized spacial score (nSPS) is 32.6. The zero-order valence-electron chi connectivity index (χ0n) is 10.3. The molecule has 1 atom stereocenters. The summed E-state index contributed by atoms with van der Waals surface area (Å²) in [5.41, 5.74) is 0.0372. The van der Waals surface area contributed by atoms with E-state index in [1.807, 2.05) is 0 Å². The van der Waals surface area contributed by atoms with Crippen LogP contribution in [0.1, 0.15) is 27.2 Å². The van der Waals surface area contributed by atoms with Gasteiger partial charge in [-0.15, -0.1) is 0 Å². The highest BCUT2D eigenvalue weighted by atomic mass is 16.5. The van der Waals surface area contributed by atoms with Crippen LogP contribution in [0, 0.1) is 5.92 Å². The predicted molar refractivity (Wildman–Crippen MR) is 62.0 cm³/mol. The summed E-state index contributed by atoms with van der Waals surface area (Å²) in [6, 6.07) is 0. The number of ether oxygens (including phenoxy) is 1. The fourth-order valence-corrected chi connectivity index (χ4v) is 2.67. The Hall–Kier alpha value is -0.120. The van der Waals surface area contributed by atoms with Crippen LogP contribution >= 0.6 is 0 Å². The van der Waals surface area contributed by atoms with E-state index in [0.29, 0.717) is 6.10 Å². The molecule has 0 spiro atoms. The summed E-state index contributed by atoms with van der Waals surface area (Å²) in [5.74, 6) is 0.922. The molecular weight excluding hydrogens is 188 g/mol. The molecule has 0 radical (unpaired) electrons. The third-order valence-corrected chi connectivity index (χ3v) is 3.36. The van der Waals surface area contributed by atoms with Gasteiger partial charge in [-0.3, -0.25) is 4.90 Å². The van der Waals surface area contributed by atoms with Gasteiger partial charge in [0.05, 0.1) is 11.7 Å². The van der Waals surface area contributed by atoms with Crippen molar-refractivity contribution in [3.05, 3.63) is 0 Å². The highest BCUT2D eigenvalue weighted by Crippen LogP contribution is 2.21. The van der Waals surface area contributed by atoms with Crippen molar-refractivity contribution in [1.82, 2.24) is 10.2 Å². The van der Waals surface area contributed by atoms with Crippen LogP contribution in [0.5, 0.6) is 0 Å². The molecule has 0 aromatic heterocycles. The van der Waals surface area contributed by atoms with Crippen LogP contribution in [0.4, 0.5) is 0 Å². The third-order valence-electron chi connectivity index (χ3n) is 3.36. The smallest absolute Gasteiger partial charge is 0.0757 e. The number of hydrogen-bond acceptors (Lipinski definition) is 3. The maximum Gasteiger partial charge on any atom is 0.0757 e. The van der Waals surface area contributed by atoms with Crippen molar-refractivity contribution >= 4 is 0 Å². The zero-order valence-corrected chi connectivity index (χ0v) is 10.3. The molecule has 88 valence electrons. The van der Waals surface area contributed by atoms with E-state index in [0.717, 1.165) is 19.0 Å². The van der Waals surface area contributed by atoms with Gasteiger partial charge in [-0.2, -0.15) is 0 Å². The maximum absolute atomic E-state index is 5.90. The molecule has 0 amide bonds. The average Bonchev–Trinajstić information content (AvgIpc) is 1.96. The first-order valence-electron chi connectivity index (χ1n) is 6.16. The average molecular weight is 212 g/mol. The minimum atomic E-state index is 0.0372. The first kappa shape index (κ1) is 11.4. The fourth-order valence-electron chi connectivity index (χ4n) is 2.67. The molecule has 2 aliphatic heterocycles. The van der Waals surface area contributed by atoms with Gasteiger partial charge in [0.2, 0.25) is 0 Å². The quantitative estimate of drug-likeness (QED) is 0.758. The van der Waals surface area contributed by atoms with Crippen molar-refractivity contribution in [1.29, 1.82) is 0 Å². The molecule has 2 aliphatic rings. The second-order valence-corrected chi connectivity index (χ2v) is 5.74. The highest BCUT2D eigenvalue weighted by Gasteiger charge is 2.31. The third kappa shape index (κ3) is 3.16. The molecule has 2 saturated heterocycles. The van der Waals surface area contributed by atoms with E-state index in [1.54, 1.807) is 0 Å². The van der Waals surface area contributed by atoms with Gasteiger partial charge in [-0.1, -0.05) is 0 Å². The number of hydrogen-bond donors (Lipinski definition) is 1. The Morgan fingerprint density at radius 1 is 1.40 bits per heavy atom. The van der Waals surface area contributed by atoms with Crippen LogP contribution in [0.15, 0.2) is 0 Å². The number of rotatable bonds is 3. The van der Waals surface area contributed by atoms with Crippen LogP contribution in [-0.2, 0) is 4.74 Å². The van der Waals surface area contributed by atoms with Crippen molar-refractivity contribution in [2.45, 2.75) is 38.9 Å². The maximum atomic E-state index is 5.90. The van der Waals surface area contributed by atoms with E-state index in [-0.39, 0.29) is 5.60 Å². The monoisotopic (exact) mass is 212 g/mol. The van der Waals surface area contributed by atoms with Gasteiger partial charge in [0.1, 0.15) is 0 Å². The van der Waals surface area contributed by atoms with E-state index < -0.39 is 0 Å². The summed E-state index contributed by atoms with van der Waals surface area (Å²) >= 11 is 0. The number of nitrogens with one attached hydrogen (secondary N) is 1. The van der Waals surface area contributed by atoms with Gasteiger partial charge < -0.3 is 10.1 Å². The van der Waals surface area contributed by atoms with E-state index in [1.165, 1.54) is 26.1 Å². The second-order valence-electron chi connectivity index (χ2n) is 5.74. The Morgan fingerprint density at radius 3 is 2.67 bits per heavy atom. The zero-order chi connectivity index (χ0) is 10.9. The van der Waals surface area contributed by atoms with Gasteiger partial charge in [-0.05, 0) is 52.7 Å². The molecule has 1 unspecified atom stereocenters. The molecule has 15 heavy (non-hydrogen) atoms. The molecule has 3 nitrogen and oxygen atoms in total. The summed E-state index contributed by atoms with van der Waals surface area (Å²) < 4.78 is 5.90. The molecule has 2 heterocycles. The largest absolute Gasteiger partial charge is 0.370 e. The van der Waals surface area contributed by atoms with Gasteiger partial charge in [-0.25, -0.2) is 0 Å². The summed E-state index contributed by atoms with van der Waals surface area (Å²) in [7, 11) is 0. The molecule has 0 aromatic rings. The van der Waals surface area contributed by atoms with Crippen molar-refractivity contribution in [2.24, 2.45) is 5.92 Å². The van der Waals surface area contributed by atoms with Gasteiger partial charge >= 0.3 is 0 Å². The Bertz CT molecular complexity index is 214. The lowest BCUT2D eigenvalue weighted by atomic mass is 9.98. The van der Waals surface area contributed by atoms with Crippen molar-refractivity contribution in [2.75, 3.05) is 32.7 Å². The van der Waals surface area contributed by atoms with Crippen LogP contribution < -0.4 is 5.32 Å². The van der Waals surface area contributed by atoms with Gasteiger partial charge in [0, 0.05) is 13.1 Å². The second kappa shape index (κ2) is 4.40. The summed E-state index contributed by atoms with van der Waals surface area (Å²) in [4.78, 5) is 2.56. The Kier molecular flexibility index (Phi) is 3.33. The van der Waals surface area contributed by atoms with Crippen LogP contribution in [0.2, 0.25) is 0 Å². The van der Waals surface area contributed by atoms with Crippen LogP contribution in [-0.4, -0.2) is 49.3 Å². The summed E-state index contributed by atoms with van der Waals surface area (Å²) in [6.07, 6.45) is 1.73. The first-order valence-corrected chi connectivity index (χ1v) is 6.16. The van der Waals surface area contributed by atoms with Gasteiger partial charge in [0.25, 0.3) is 0 Å². The number of morpholine rings is 1. The van der Waals surface area contributed by atoms with Crippen molar-refractivity contribution in [3.63, 3.8) is 0 Å². The molecule has 0 saturated carbocycles. The SMILES string of the molecule is CC1CN(CCC2CNC2)CC(C)(C)O1. The minimum Gasteiger partial charge on any atom is -0.370 e. The lowest BCUT2D eigenvalue weighted by Crippen LogP contribution is -2.53. The van der Waals surface area contributed by atoms with E-state index in [9.17, 15) is 0 Å². The lowest BCUT2D eigenvalue weighted by molar-refractivity contribution is -0.129. The predicted octanol–water partition coefficient (Wildman–Crippen LogP) is 1.10. The molecular formula is C12H24N2O. The van der Waals surface area contributed by atoms with Crippen LogP contribution in [0.25, 0.3) is 0 Å². The van der Waals surface area contributed by atoms with Crippen molar-refractivity contribution < 1.29 is 4.74 Å². The van der Waals surface area contributed by atoms with E-state index >= 15 is 0 Å². The molecule has 3 heteroatoms. The Morgan fingerprint density at radius 2 is 2.13 bits per heavy atom. The van der Waals surface area contributed by atoms with E-state index in [2.05, 4.69) is 31.0 Å². The molecule has 0 aliphatic carbocycles. The van der Waals surface area contributed by atoms with E-state index in [4.69, 9.17) is 4.74 Å². The lowest BCUT2D eigenvalue weighted by Gasteiger charge is -2.42. The molecule has 1 N–H and O–H groups in total. The Labute approximate surface area is 93.2 Å². The number of nitrogens with zero attached hydrogens (tertiary/aromatic N) is 1. The summed E-state index contributed by atoms with van der Waals surface area (Å²) in [5, 5.41) is 3.33.